The van der Waals surface area contributed by atoms with Crippen molar-refractivity contribution in [2.24, 2.45) is 5.41 Å². The number of rotatable bonds is 15. The number of aromatic hydroxyl groups is 6. The van der Waals surface area contributed by atoms with Gasteiger partial charge in [-0.05, 0) is 141 Å². The van der Waals surface area contributed by atoms with Crippen molar-refractivity contribution in [3.8, 4) is 74.7 Å². The highest BCUT2D eigenvalue weighted by Crippen LogP contribution is 2.34. The highest BCUT2D eigenvalue weighted by Gasteiger charge is 2.27. The van der Waals surface area contributed by atoms with E-state index < -0.39 is 11.4 Å². The minimum atomic E-state index is -0.596. The Morgan fingerprint density at radius 2 is 0.815 bits per heavy atom. The van der Waals surface area contributed by atoms with Crippen LogP contribution in [0.4, 0.5) is 0 Å². The molecule has 0 amide bonds. The van der Waals surface area contributed by atoms with Gasteiger partial charge in [0.2, 0.25) is 0 Å². The standard InChI is InChI=1S/2C18H20O5.C16H18O3/c1-4-18(2,3)17(21)23-13-7-5-12(6-8-13)22-14-9-10-15(19)16(20)11-14;1-3-12(2)13-4-6-14(7-5-13)22-11-18(21)23-15-8-9-16(19)17(20)10-15;1-3-11(2)12-4-6-13(7-5-12)19-14-8-9-15(17)16(18)10-14/h5-11,19-20H,4H2,1-3H3;4-10,12,19-20H,3,11H2,1-2H3;4-11,17-18H,3H2,1-2H3. The highest BCUT2D eigenvalue weighted by molar-refractivity contribution is 5.78. The predicted octanol–water partition coefficient (Wildman–Crippen LogP) is 12.2. The maximum absolute atomic E-state index is 12.0. The lowest BCUT2D eigenvalue weighted by Gasteiger charge is -2.20. The normalized spacial score (nSPS) is 11.6. The zero-order valence-corrected chi connectivity index (χ0v) is 37.6. The average Bonchev–Trinajstić information content (AvgIpc) is 3.30. The van der Waals surface area contributed by atoms with Gasteiger partial charge in [0, 0.05) is 18.2 Å². The second-order valence-corrected chi connectivity index (χ2v) is 15.8. The Morgan fingerprint density at radius 3 is 1.22 bits per heavy atom. The fraction of sp³-hybridized carbons (Fsp3) is 0.269. The highest BCUT2D eigenvalue weighted by atomic mass is 16.6. The van der Waals surface area contributed by atoms with E-state index >= 15 is 0 Å². The third kappa shape index (κ3) is 15.6. The molecule has 0 saturated carbocycles. The van der Waals surface area contributed by atoms with Crippen LogP contribution < -0.4 is 23.7 Å². The summed E-state index contributed by atoms with van der Waals surface area (Å²) in [6.45, 7) is 14.0. The van der Waals surface area contributed by atoms with Crippen LogP contribution >= 0.6 is 0 Å². The number of benzene rings is 6. The minimum Gasteiger partial charge on any atom is -0.504 e. The maximum Gasteiger partial charge on any atom is 0.349 e. The van der Waals surface area contributed by atoms with E-state index in [4.69, 9.17) is 23.7 Å². The first-order chi connectivity index (χ1) is 30.9. The Morgan fingerprint density at radius 1 is 0.462 bits per heavy atom. The monoisotopic (exact) mass is 890 g/mol. The van der Waals surface area contributed by atoms with Crippen LogP contribution in [0.15, 0.2) is 127 Å². The number of hydrogen-bond donors (Lipinski definition) is 6. The van der Waals surface area contributed by atoms with Crippen molar-refractivity contribution in [3.05, 3.63) is 139 Å². The summed E-state index contributed by atoms with van der Waals surface area (Å²) in [5, 5.41) is 55.9. The third-order valence-corrected chi connectivity index (χ3v) is 10.5. The van der Waals surface area contributed by atoms with Gasteiger partial charge in [0.25, 0.3) is 0 Å². The van der Waals surface area contributed by atoms with Gasteiger partial charge in [-0.1, -0.05) is 58.9 Å². The second-order valence-electron chi connectivity index (χ2n) is 15.8. The fourth-order valence-corrected chi connectivity index (χ4v) is 5.47. The molecule has 0 aromatic heterocycles. The molecule has 0 radical (unpaired) electrons. The summed E-state index contributed by atoms with van der Waals surface area (Å²) < 4.78 is 26.9. The molecule has 0 heterocycles. The van der Waals surface area contributed by atoms with Gasteiger partial charge in [0.1, 0.15) is 40.2 Å². The Hall–Kier alpha value is -7.54. The van der Waals surface area contributed by atoms with Crippen molar-refractivity contribution in [2.45, 2.75) is 79.6 Å². The number of esters is 2. The molecule has 0 aliphatic rings. The summed E-state index contributed by atoms with van der Waals surface area (Å²) in [6.07, 6.45) is 2.86. The van der Waals surface area contributed by atoms with Gasteiger partial charge < -0.3 is 54.3 Å². The van der Waals surface area contributed by atoms with Crippen molar-refractivity contribution in [1.29, 1.82) is 0 Å². The van der Waals surface area contributed by atoms with Crippen LogP contribution in [0, 0.1) is 5.41 Å². The first-order valence-corrected chi connectivity index (χ1v) is 21.2. The molecule has 13 heteroatoms. The number of ether oxygens (including phenoxy) is 5. The number of phenols is 6. The van der Waals surface area contributed by atoms with Crippen LogP contribution in [0.1, 0.15) is 90.7 Å². The van der Waals surface area contributed by atoms with Crippen molar-refractivity contribution in [1.82, 2.24) is 0 Å². The predicted molar refractivity (Wildman–Crippen MR) is 247 cm³/mol. The van der Waals surface area contributed by atoms with Gasteiger partial charge >= 0.3 is 11.9 Å². The van der Waals surface area contributed by atoms with E-state index in [2.05, 4.69) is 27.7 Å². The van der Waals surface area contributed by atoms with E-state index in [0.717, 1.165) is 18.9 Å². The van der Waals surface area contributed by atoms with Crippen LogP contribution in [-0.4, -0.2) is 49.2 Å². The molecular formula is C52H58O13. The first-order valence-electron chi connectivity index (χ1n) is 21.2. The van der Waals surface area contributed by atoms with Crippen LogP contribution in [0.25, 0.3) is 0 Å². The smallest absolute Gasteiger partial charge is 0.349 e. The zero-order chi connectivity index (χ0) is 47.7. The summed E-state index contributed by atoms with van der Waals surface area (Å²) in [6, 6.07) is 34.5. The minimum absolute atomic E-state index is 0.140. The maximum atomic E-state index is 12.0. The molecule has 0 spiro atoms. The largest absolute Gasteiger partial charge is 0.504 e. The van der Waals surface area contributed by atoms with Gasteiger partial charge in [0.05, 0.1) is 5.41 Å². The van der Waals surface area contributed by atoms with E-state index in [1.807, 2.05) is 69.3 Å². The molecule has 344 valence electrons. The van der Waals surface area contributed by atoms with Crippen LogP contribution in [-0.2, 0) is 9.59 Å². The SMILES string of the molecule is CCC(C)(C)C(=O)Oc1ccc(Oc2ccc(O)c(O)c2)cc1.CCC(C)c1ccc(OCC(=O)Oc2ccc(O)c(O)c2)cc1.CCC(C)c1ccc(Oc2ccc(O)c(O)c2)cc1. The van der Waals surface area contributed by atoms with Crippen molar-refractivity contribution < 1.29 is 63.9 Å². The third-order valence-electron chi connectivity index (χ3n) is 10.5. The summed E-state index contributed by atoms with van der Waals surface area (Å²) >= 11 is 0. The van der Waals surface area contributed by atoms with Gasteiger partial charge in [0.15, 0.2) is 41.1 Å². The first kappa shape index (κ1) is 50.1. The molecule has 0 aliphatic heterocycles. The molecule has 6 aromatic carbocycles. The van der Waals surface area contributed by atoms with Crippen molar-refractivity contribution in [3.63, 3.8) is 0 Å². The van der Waals surface area contributed by atoms with E-state index in [-0.39, 0.29) is 52.8 Å². The molecule has 65 heavy (non-hydrogen) atoms. The van der Waals surface area contributed by atoms with Crippen molar-refractivity contribution in [2.75, 3.05) is 6.61 Å². The van der Waals surface area contributed by atoms with E-state index in [1.54, 1.807) is 30.3 Å². The molecule has 13 nitrogen and oxygen atoms in total. The van der Waals surface area contributed by atoms with E-state index in [0.29, 0.717) is 52.8 Å². The molecule has 6 rings (SSSR count). The zero-order valence-electron chi connectivity index (χ0n) is 37.6. The van der Waals surface area contributed by atoms with Gasteiger partial charge in [-0.2, -0.15) is 0 Å². The van der Waals surface area contributed by atoms with E-state index in [9.17, 15) is 40.2 Å². The molecule has 0 fully saturated rings. The Labute approximate surface area is 379 Å². The molecule has 0 saturated heterocycles. The Balaban J connectivity index is 0.000000215. The topological polar surface area (TPSA) is 202 Å². The Kier molecular flexibility index (Phi) is 18.3. The van der Waals surface area contributed by atoms with Gasteiger partial charge in [-0.15, -0.1) is 0 Å². The lowest BCUT2D eigenvalue weighted by Crippen LogP contribution is -2.28. The average molecular weight is 891 g/mol. The van der Waals surface area contributed by atoms with Crippen LogP contribution in [0.3, 0.4) is 0 Å². The molecule has 0 aliphatic carbocycles. The molecule has 6 aromatic rings. The van der Waals surface area contributed by atoms with Gasteiger partial charge in [-0.25, -0.2) is 4.79 Å². The second kappa shape index (κ2) is 23.8. The van der Waals surface area contributed by atoms with Gasteiger partial charge in [-0.3, -0.25) is 4.79 Å². The van der Waals surface area contributed by atoms with Crippen LogP contribution in [0.2, 0.25) is 0 Å². The molecule has 0 bridgehead atoms. The summed E-state index contributed by atoms with van der Waals surface area (Å²) in [5.41, 5.74) is 1.98. The summed E-state index contributed by atoms with van der Waals surface area (Å²) in [7, 11) is 0. The molecule has 2 atom stereocenters. The lowest BCUT2D eigenvalue weighted by atomic mass is 9.91. The Bertz CT molecular complexity index is 2440. The fourth-order valence-electron chi connectivity index (χ4n) is 5.47. The lowest BCUT2D eigenvalue weighted by molar-refractivity contribution is -0.144. The molecule has 6 N–H and O–H groups in total. The number of carbonyl (C=O) groups is 2. The summed E-state index contributed by atoms with van der Waals surface area (Å²) in [4.78, 5) is 23.7. The number of carbonyl (C=O) groups excluding carboxylic acids is 2. The number of hydrogen-bond acceptors (Lipinski definition) is 13. The summed E-state index contributed by atoms with van der Waals surface area (Å²) in [5.74, 6) is 1.98. The van der Waals surface area contributed by atoms with Crippen molar-refractivity contribution >= 4 is 11.9 Å². The van der Waals surface area contributed by atoms with Crippen LogP contribution in [0.5, 0.6) is 74.7 Å². The quantitative estimate of drug-likeness (QED) is 0.0323. The molecular weight excluding hydrogens is 833 g/mol. The number of phenolic OH excluding ortho intramolecular Hbond substituents is 6. The van der Waals surface area contributed by atoms with E-state index in [1.165, 1.54) is 53.6 Å². The molecule has 2 unspecified atom stereocenters.